The summed E-state index contributed by atoms with van der Waals surface area (Å²) in [7, 11) is 1.27. The van der Waals surface area contributed by atoms with Crippen LogP contribution in [0.4, 0.5) is 0 Å². The number of phosphoric ester groups is 1. The minimum atomic E-state index is -4.60. The third-order valence-electron chi connectivity index (χ3n) is 15.5. The lowest BCUT2D eigenvalue weighted by Gasteiger charge is -2.29. The Kier molecular flexibility index (Phi) is 59.4. The summed E-state index contributed by atoms with van der Waals surface area (Å²) in [5.74, 6) is -0.191. The van der Waals surface area contributed by atoms with Crippen LogP contribution in [-0.2, 0) is 18.4 Å². The maximum Gasteiger partial charge on any atom is 0.268 e. The van der Waals surface area contributed by atoms with Crippen LogP contribution in [0.25, 0.3) is 0 Å². The molecule has 3 atom stereocenters. The zero-order valence-electron chi connectivity index (χ0n) is 53.1. The van der Waals surface area contributed by atoms with E-state index < -0.39 is 20.0 Å². The monoisotopic (exact) mass is 1130 g/mol. The van der Waals surface area contributed by atoms with E-state index in [-0.39, 0.29) is 19.1 Å². The Bertz CT molecular complexity index is 1470. The van der Waals surface area contributed by atoms with Gasteiger partial charge in [0.2, 0.25) is 5.91 Å². The van der Waals surface area contributed by atoms with Crippen molar-refractivity contribution >= 4 is 13.7 Å². The second-order valence-electron chi connectivity index (χ2n) is 24.5. The van der Waals surface area contributed by atoms with Crippen LogP contribution >= 0.6 is 7.82 Å². The number of likely N-dealkylation sites (N-methyl/N-ethyl adjacent to an activating group) is 1. The number of phosphoric acid groups is 1. The quantitative estimate of drug-likeness (QED) is 0.0272. The van der Waals surface area contributed by atoms with Crippen molar-refractivity contribution in [2.45, 2.75) is 341 Å². The fourth-order valence-corrected chi connectivity index (χ4v) is 10.9. The minimum absolute atomic E-state index is 0.000354. The summed E-state index contributed by atoms with van der Waals surface area (Å²) in [4.78, 5) is 25.6. The van der Waals surface area contributed by atoms with Crippen molar-refractivity contribution < 1.29 is 32.9 Å². The first kappa shape index (κ1) is 77.2. The van der Waals surface area contributed by atoms with Gasteiger partial charge in [-0.2, -0.15) is 0 Å². The normalized spacial score (nSPS) is 14.1. The molecule has 0 aromatic carbocycles. The van der Waals surface area contributed by atoms with Gasteiger partial charge < -0.3 is 28.8 Å². The van der Waals surface area contributed by atoms with E-state index in [2.05, 4.69) is 67.8 Å². The molecule has 0 saturated heterocycles. The molecule has 0 aliphatic rings. The molecule has 1 amide bonds. The predicted octanol–water partition coefficient (Wildman–Crippen LogP) is 21.0. The first-order valence-electron chi connectivity index (χ1n) is 34.2. The van der Waals surface area contributed by atoms with Gasteiger partial charge in [0.05, 0.1) is 39.9 Å². The number of unbranched alkanes of at least 4 members (excludes halogenated alkanes) is 42. The van der Waals surface area contributed by atoms with E-state index in [9.17, 15) is 19.4 Å². The molecule has 0 fully saturated rings. The lowest BCUT2D eigenvalue weighted by Crippen LogP contribution is -2.45. The van der Waals surface area contributed by atoms with Crippen LogP contribution in [0, 0.1) is 0 Å². The summed E-state index contributed by atoms with van der Waals surface area (Å²) in [6, 6.07) is -0.887. The number of hydrogen-bond acceptors (Lipinski definition) is 6. The van der Waals surface area contributed by atoms with Crippen LogP contribution in [0.3, 0.4) is 0 Å². The summed E-state index contributed by atoms with van der Waals surface area (Å²) >= 11 is 0. The molecule has 3 unspecified atom stereocenters. The van der Waals surface area contributed by atoms with Crippen LogP contribution < -0.4 is 10.2 Å². The first-order chi connectivity index (χ1) is 38.5. The van der Waals surface area contributed by atoms with Gasteiger partial charge in [-0.05, 0) is 57.8 Å². The van der Waals surface area contributed by atoms with Crippen LogP contribution in [-0.4, -0.2) is 68.5 Å². The molecule has 0 spiro atoms. The van der Waals surface area contributed by atoms with E-state index >= 15 is 0 Å². The molecule has 0 radical (unpaired) electrons. The van der Waals surface area contributed by atoms with Gasteiger partial charge >= 0.3 is 0 Å². The van der Waals surface area contributed by atoms with Gasteiger partial charge in [-0.3, -0.25) is 9.36 Å². The Morgan fingerprint density at radius 3 is 1.13 bits per heavy atom. The standard InChI is InChI=1S/C70H133N2O6P/c1-6-8-10-12-14-16-18-20-22-24-26-28-29-30-31-32-33-34-35-36-37-38-39-40-41-42-43-44-46-48-50-52-54-56-58-60-62-64-70(74)71-68(67-78-79(75,76)77-66-65-72(3,4)5)69(73)63-61-59-57-55-53-51-49-47-45-27-25-23-21-19-17-15-13-11-9-7-2/h8,10,14,16,20,22,26,28,61,63,68-69,73H,6-7,9,11-13,15,17-19,21,23-25,27,29-60,62,64-67H2,1-5H3,(H-,71,74,75,76)/b10-8-,16-14-,22-20-,28-26-,63-61+. The average molecular weight is 1130 g/mol. The van der Waals surface area contributed by atoms with E-state index in [0.29, 0.717) is 17.4 Å². The van der Waals surface area contributed by atoms with Crippen molar-refractivity contribution in [3.63, 3.8) is 0 Å². The number of nitrogens with one attached hydrogen (secondary N) is 1. The fourth-order valence-electron chi connectivity index (χ4n) is 10.2. The Hall–Kier alpha value is -1.80. The molecule has 0 aromatic rings. The highest BCUT2D eigenvalue weighted by Crippen LogP contribution is 2.38. The SMILES string of the molecule is CC/C=C\C/C=C\C/C=C\C/C=C\CCCCCCCCCCCCCCCCCCCCCCCCCCC(=O)NC(COP(=O)([O-])OCC[N+](C)(C)C)C(O)/C=C/CCCCCCCCCCCCCCCCCCCC. The van der Waals surface area contributed by atoms with Gasteiger partial charge in [-0.15, -0.1) is 0 Å². The van der Waals surface area contributed by atoms with E-state index in [1.54, 1.807) is 6.08 Å². The fraction of sp³-hybridized carbons (Fsp3) is 0.843. The number of allylic oxidation sites excluding steroid dienone is 9. The summed E-state index contributed by atoms with van der Waals surface area (Å²) in [5, 5.41) is 13.9. The average Bonchev–Trinajstić information content (AvgIpc) is 3.42. The van der Waals surface area contributed by atoms with Crippen LogP contribution in [0.5, 0.6) is 0 Å². The molecule has 9 heteroatoms. The summed E-state index contributed by atoms with van der Waals surface area (Å²) in [5.41, 5.74) is 0. The minimum Gasteiger partial charge on any atom is -0.756 e. The van der Waals surface area contributed by atoms with Gasteiger partial charge in [0.1, 0.15) is 13.2 Å². The molecule has 2 N–H and O–H groups in total. The van der Waals surface area contributed by atoms with Gasteiger partial charge in [0.15, 0.2) is 0 Å². The number of rotatable bonds is 63. The maximum absolute atomic E-state index is 13.0. The number of carbonyl (C=O) groups excluding carboxylic acids is 1. The number of aliphatic hydroxyl groups excluding tert-OH is 1. The van der Waals surface area contributed by atoms with Crippen LogP contribution in [0.15, 0.2) is 60.8 Å². The molecule has 0 heterocycles. The van der Waals surface area contributed by atoms with Crippen molar-refractivity contribution in [1.29, 1.82) is 0 Å². The Balaban J connectivity index is 3.97. The molecule has 0 rings (SSSR count). The van der Waals surface area contributed by atoms with Gasteiger partial charge in [0.25, 0.3) is 7.82 Å². The number of aliphatic hydroxyl groups is 1. The molecular weight excluding hydrogens is 996 g/mol. The number of amides is 1. The Morgan fingerprint density at radius 2 is 0.772 bits per heavy atom. The highest BCUT2D eigenvalue weighted by atomic mass is 31.2. The summed E-state index contributed by atoms with van der Waals surface area (Å²) < 4.78 is 23.4. The molecular formula is C70H133N2O6P. The van der Waals surface area contributed by atoms with Gasteiger partial charge in [-0.1, -0.05) is 325 Å². The molecule has 79 heavy (non-hydrogen) atoms. The highest BCUT2D eigenvalue weighted by molar-refractivity contribution is 7.45. The van der Waals surface area contributed by atoms with Gasteiger partial charge in [-0.25, -0.2) is 0 Å². The number of quaternary nitrogens is 1. The van der Waals surface area contributed by atoms with Crippen molar-refractivity contribution in [2.75, 3.05) is 40.9 Å². The zero-order chi connectivity index (χ0) is 57.7. The number of hydrogen-bond donors (Lipinski definition) is 2. The molecule has 464 valence electrons. The second kappa shape index (κ2) is 60.8. The third kappa shape index (κ3) is 63.6. The lowest BCUT2D eigenvalue weighted by atomic mass is 10.0. The van der Waals surface area contributed by atoms with Crippen molar-refractivity contribution in [3.8, 4) is 0 Å². The van der Waals surface area contributed by atoms with E-state index in [1.165, 1.54) is 244 Å². The molecule has 0 aliphatic heterocycles. The Morgan fingerprint density at radius 1 is 0.456 bits per heavy atom. The first-order valence-corrected chi connectivity index (χ1v) is 35.6. The molecule has 0 aromatic heterocycles. The highest BCUT2D eigenvalue weighted by Gasteiger charge is 2.23. The predicted molar refractivity (Wildman–Crippen MR) is 344 cm³/mol. The second-order valence-corrected chi connectivity index (χ2v) is 25.9. The van der Waals surface area contributed by atoms with Gasteiger partial charge in [0, 0.05) is 6.42 Å². The summed E-state index contributed by atoms with van der Waals surface area (Å²) in [6.07, 6.45) is 83.4. The van der Waals surface area contributed by atoms with Crippen molar-refractivity contribution in [3.05, 3.63) is 60.8 Å². The smallest absolute Gasteiger partial charge is 0.268 e. The lowest BCUT2D eigenvalue weighted by molar-refractivity contribution is -0.870. The van der Waals surface area contributed by atoms with Crippen LogP contribution in [0.1, 0.15) is 328 Å². The Labute approximate surface area is 492 Å². The molecule has 8 nitrogen and oxygen atoms in total. The largest absolute Gasteiger partial charge is 0.756 e. The van der Waals surface area contributed by atoms with E-state index in [4.69, 9.17) is 9.05 Å². The van der Waals surface area contributed by atoms with E-state index in [0.717, 1.165) is 64.2 Å². The van der Waals surface area contributed by atoms with E-state index in [1.807, 2.05) is 27.2 Å². The molecule has 0 saturated carbocycles. The van der Waals surface area contributed by atoms with Crippen molar-refractivity contribution in [2.24, 2.45) is 0 Å². The topological polar surface area (TPSA) is 108 Å². The third-order valence-corrected chi connectivity index (χ3v) is 16.4. The molecule has 0 bridgehead atoms. The summed E-state index contributed by atoms with van der Waals surface area (Å²) in [6.45, 7) is 4.58. The zero-order valence-corrected chi connectivity index (χ0v) is 54.0. The maximum atomic E-state index is 13.0. The van der Waals surface area contributed by atoms with Crippen molar-refractivity contribution in [1.82, 2.24) is 5.32 Å². The molecule has 0 aliphatic carbocycles. The van der Waals surface area contributed by atoms with Crippen LogP contribution in [0.2, 0.25) is 0 Å². The number of carbonyl (C=O) groups is 1. The number of nitrogens with zero attached hydrogens (tertiary/aromatic N) is 1.